The number of carbonyl (C=O) groups excluding carboxylic acids is 1. The molecule has 1 aromatic carbocycles. The minimum Gasteiger partial charge on any atom is -0.326 e. The number of benzene rings is 1. The number of hydrogen-bond acceptors (Lipinski definition) is 1. The van der Waals surface area contributed by atoms with Crippen LogP contribution in [0.1, 0.15) is 43.2 Å². The molecule has 3 atom stereocenters. The monoisotopic (exact) mass is 257 g/mol. The van der Waals surface area contributed by atoms with Gasteiger partial charge < -0.3 is 5.32 Å². The first-order valence-electron chi connectivity index (χ1n) is 7.49. The summed E-state index contributed by atoms with van der Waals surface area (Å²) in [6.45, 7) is 4.18. The molecule has 0 unspecified atom stereocenters. The zero-order chi connectivity index (χ0) is 13.4. The fraction of sp³-hybridized carbons (Fsp3) is 0.588. The molecule has 2 aliphatic rings. The molecule has 1 aromatic rings. The van der Waals surface area contributed by atoms with Crippen molar-refractivity contribution < 1.29 is 4.79 Å². The highest BCUT2D eigenvalue weighted by atomic mass is 16.1. The molecular formula is C17H23NO. The number of rotatable bonds is 3. The van der Waals surface area contributed by atoms with Crippen LogP contribution >= 0.6 is 0 Å². The van der Waals surface area contributed by atoms with E-state index in [0.29, 0.717) is 12.3 Å². The Morgan fingerprint density at radius 1 is 1.21 bits per heavy atom. The molecule has 2 bridgehead atoms. The Balaban J connectivity index is 1.57. The van der Waals surface area contributed by atoms with Gasteiger partial charge in [0.15, 0.2) is 0 Å². The third-order valence-corrected chi connectivity index (χ3v) is 5.12. The van der Waals surface area contributed by atoms with Crippen LogP contribution in [-0.4, -0.2) is 5.91 Å². The van der Waals surface area contributed by atoms with Crippen molar-refractivity contribution in [2.24, 2.45) is 17.8 Å². The molecule has 0 saturated heterocycles. The van der Waals surface area contributed by atoms with Crippen molar-refractivity contribution in [3.05, 3.63) is 29.3 Å². The number of carbonyl (C=O) groups is 1. The van der Waals surface area contributed by atoms with Crippen molar-refractivity contribution in [2.45, 2.75) is 46.0 Å². The Morgan fingerprint density at radius 3 is 2.68 bits per heavy atom. The summed E-state index contributed by atoms with van der Waals surface area (Å²) >= 11 is 0. The third kappa shape index (κ3) is 2.68. The van der Waals surface area contributed by atoms with Crippen molar-refractivity contribution in [3.63, 3.8) is 0 Å². The van der Waals surface area contributed by atoms with Crippen molar-refractivity contribution in [2.75, 3.05) is 5.32 Å². The van der Waals surface area contributed by atoms with E-state index in [0.717, 1.165) is 17.5 Å². The summed E-state index contributed by atoms with van der Waals surface area (Å²) in [7, 11) is 0. The maximum absolute atomic E-state index is 12.1. The molecule has 0 aliphatic heterocycles. The zero-order valence-corrected chi connectivity index (χ0v) is 11.9. The second-order valence-corrected chi connectivity index (χ2v) is 6.49. The largest absolute Gasteiger partial charge is 0.326 e. The first-order chi connectivity index (χ1) is 9.11. The van der Waals surface area contributed by atoms with Gasteiger partial charge in [0.1, 0.15) is 0 Å². The van der Waals surface area contributed by atoms with Crippen molar-refractivity contribution in [1.82, 2.24) is 0 Å². The van der Waals surface area contributed by atoms with Crippen LogP contribution in [0.2, 0.25) is 0 Å². The highest BCUT2D eigenvalue weighted by Crippen LogP contribution is 2.49. The van der Waals surface area contributed by atoms with Gasteiger partial charge in [-0.1, -0.05) is 12.5 Å². The van der Waals surface area contributed by atoms with Gasteiger partial charge >= 0.3 is 0 Å². The van der Waals surface area contributed by atoms with Crippen LogP contribution in [0.25, 0.3) is 0 Å². The molecule has 102 valence electrons. The Hall–Kier alpha value is -1.31. The molecule has 3 rings (SSSR count). The van der Waals surface area contributed by atoms with Crippen LogP contribution in [0.5, 0.6) is 0 Å². The van der Waals surface area contributed by atoms with E-state index in [1.807, 2.05) is 6.07 Å². The molecule has 19 heavy (non-hydrogen) atoms. The van der Waals surface area contributed by atoms with Crippen LogP contribution in [-0.2, 0) is 4.79 Å². The lowest BCUT2D eigenvalue weighted by Crippen LogP contribution is -2.20. The van der Waals surface area contributed by atoms with E-state index < -0.39 is 0 Å². The molecule has 2 aliphatic carbocycles. The molecular weight excluding hydrogens is 234 g/mol. The highest BCUT2D eigenvalue weighted by molar-refractivity contribution is 5.91. The fourth-order valence-corrected chi connectivity index (χ4v) is 3.90. The van der Waals surface area contributed by atoms with Crippen LogP contribution in [0.15, 0.2) is 18.2 Å². The van der Waals surface area contributed by atoms with Gasteiger partial charge in [-0.3, -0.25) is 4.79 Å². The normalized spacial score (nSPS) is 28.6. The number of anilines is 1. The van der Waals surface area contributed by atoms with Gasteiger partial charge in [0, 0.05) is 12.1 Å². The molecule has 2 saturated carbocycles. The molecule has 0 heterocycles. The van der Waals surface area contributed by atoms with E-state index >= 15 is 0 Å². The summed E-state index contributed by atoms with van der Waals surface area (Å²) in [4.78, 5) is 12.1. The molecule has 2 heteroatoms. The Morgan fingerprint density at radius 2 is 2.05 bits per heavy atom. The first kappa shape index (κ1) is 12.7. The van der Waals surface area contributed by atoms with Gasteiger partial charge in [-0.15, -0.1) is 0 Å². The van der Waals surface area contributed by atoms with Gasteiger partial charge in [-0.25, -0.2) is 0 Å². The second kappa shape index (κ2) is 4.99. The number of nitrogens with one attached hydrogen (secondary N) is 1. The predicted molar refractivity (Wildman–Crippen MR) is 78.1 cm³/mol. The van der Waals surface area contributed by atoms with Crippen LogP contribution in [0.4, 0.5) is 5.69 Å². The number of aryl methyl sites for hydroxylation is 2. The maximum Gasteiger partial charge on any atom is 0.224 e. The lowest BCUT2D eigenvalue weighted by atomic mass is 9.86. The number of amides is 1. The number of fused-ring (bicyclic) bond motifs is 2. The van der Waals surface area contributed by atoms with E-state index in [2.05, 4.69) is 31.3 Å². The van der Waals surface area contributed by atoms with Gasteiger partial charge in [-0.05, 0) is 74.1 Å². The zero-order valence-electron chi connectivity index (χ0n) is 11.9. The minimum absolute atomic E-state index is 0.195. The molecule has 0 aromatic heterocycles. The van der Waals surface area contributed by atoms with E-state index in [-0.39, 0.29) is 5.91 Å². The molecule has 0 radical (unpaired) electrons. The summed E-state index contributed by atoms with van der Waals surface area (Å²) in [6, 6.07) is 6.14. The predicted octanol–water partition coefficient (Wildman–Crippen LogP) is 4.07. The Bertz CT molecular complexity index is 494. The molecule has 1 amide bonds. The maximum atomic E-state index is 12.1. The Labute approximate surface area is 115 Å². The van der Waals surface area contributed by atoms with Gasteiger partial charge in [-0.2, -0.15) is 0 Å². The van der Waals surface area contributed by atoms with Crippen LogP contribution < -0.4 is 5.32 Å². The lowest BCUT2D eigenvalue weighted by molar-refractivity contribution is -0.117. The van der Waals surface area contributed by atoms with Crippen molar-refractivity contribution in [3.8, 4) is 0 Å². The summed E-state index contributed by atoms with van der Waals surface area (Å²) in [6.07, 6.45) is 6.13. The third-order valence-electron chi connectivity index (χ3n) is 5.12. The summed E-state index contributed by atoms with van der Waals surface area (Å²) in [5.41, 5.74) is 3.44. The van der Waals surface area contributed by atoms with E-state index in [1.54, 1.807) is 0 Å². The van der Waals surface area contributed by atoms with Crippen molar-refractivity contribution >= 4 is 11.6 Å². The summed E-state index contributed by atoms with van der Waals surface area (Å²) in [5, 5.41) is 3.06. The number of hydrogen-bond donors (Lipinski definition) is 1. The lowest BCUT2D eigenvalue weighted by Gasteiger charge is -2.21. The summed E-state index contributed by atoms with van der Waals surface area (Å²) in [5.74, 6) is 2.59. The average molecular weight is 257 g/mol. The second-order valence-electron chi connectivity index (χ2n) is 6.49. The van der Waals surface area contributed by atoms with Gasteiger partial charge in [0.25, 0.3) is 0 Å². The molecule has 1 N–H and O–H groups in total. The summed E-state index contributed by atoms with van der Waals surface area (Å²) < 4.78 is 0. The van der Waals surface area contributed by atoms with E-state index in [1.165, 1.54) is 36.8 Å². The van der Waals surface area contributed by atoms with Crippen LogP contribution in [0.3, 0.4) is 0 Å². The average Bonchev–Trinajstić information content (AvgIpc) is 2.96. The fourth-order valence-electron chi connectivity index (χ4n) is 3.90. The standard InChI is InChI=1S/C17H23NO/c1-11-3-6-16(7-12(11)2)18-17(19)10-15-9-13-4-5-14(15)8-13/h3,6-7,13-15H,4-5,8-10H2,1-2H3,(H,18,19)/t13-,14-,15-/m0/s1. The smallest absolute Gasteiger partial charge is 0.224 e. The van der Waals surface area contributed by atoms with Gasteiger partial charge in [0.05, 0.1) is 0 Å². The highest BCUT2D eigenvalue weighted by Gasteiger charge is 2.40. The van der Waals surface area contributed by atoms with Crippen LogP contribution in [0, 0.1) is 31.6 Å². The molecule has 2 nitrogen and oxygen atoms in total. The topological polar surface area (TPSA) is 29.1 Å². The van der Waals surface area contributed by atoms with E-state index in [9.17, 15) is 4.79 Å². The van der Waals surface area contributed by atoms with Crippen molar-refractivity contribution in [1.29, 1.82) is 0 Å². The molecule has 2 fully saturated rings. The van der Waals surface area contributed by atoms with Gasteiger partial charge in [0.2, 0.25) is 5.91 Å². The van der Waals surface area contributed by atoms with E-state index in [4.69, 9.17) is 0 Å². The molecule has 0 spiro atoms. The first-order valence-corrected chi connectivity index (χ1v) is 7.49. The SMILES string of the molecule is Cc1ccc(NC(=O)C[C@@H]2C[C@H]3CC[C@H]2C3)cc1C. The Kier molecular flexibility index (Phi) is 3.34. The quantitative estimate of drug-likeness (QED) is 0.869. The minimum atomic E-state index is 0.195.